The largest absolute Gasteiger partial charge is 0.340 e. The molecule has 1 aromatic carbocycles. The molecule has 0 saturated heterocycles. The lowest BCUT2D eigenvalue weighted by molar-refractivity contribution is 0.0797. The van der Waals surface area contributed by atoms with Crippen LogP contribution < -0.4 is 5.32 Å². The number of nitrogens with one attached hydrogen (secondary N) is 1. The van der Waals surface area contributed by atoms with Gasteiger partial charge in [0.2, 0.25) is 0 Å². The molecule has 0 aliphatic heterocycles. The van der Waals surface area contributed by atoms with E-state index in [1.54, 1.807) is 23.0 Å². The summed E-state index contributed by atoms with van der Waals surface area (Å²) in [5.74, 6) is 0.0218. The van der Waals surface area contributed by atoms with E-state index in [1.807, 2.05) is 32.2 Å². The predicted molar refractivity (Wildman–Crippen MR) is 84.2 cm³/mol. The van der Waals surface area contributed by atoms with E-state index in [0.29, 0.717) is 12.1 Å². The molecule has 0 fully saturated rings. The second-order valence-corrected chi connectivity index (χ2v) is 4.67. The van der Waals surface area contributed by atoms with Crippen molar-refractivity contribution in [2.45, 2.75) is 6.92 Å². The van der Waals surface area contributed by atoms with Crippen LogP contribution in [0.25, 0.3) is 5.69 Å². The van der Waals surface area contributed by atoms with E-state index in [0.717, 1.165) is 17.8 Å². The van der Waals surface area contributed by atoms with Crippen molar-refractivity contribution >= 4 is 18.3 Å². The number of aromatic nitrogens is 3. The molecule has 0 aliphatic rings. The molecule has 0 bridgehead atoms. The van der Waals surface area contributed by atoms with Crippen LogP contribution >= 0.6 is 12.4 Å². The number of aryl methyl sites for hydroxylation is 1. The highest BCUT2D eigenvalue weighted by molar-refractivity contribution is 5.94. The summed E-state index contributed by atoms with van der Waals surface area (Å²) in [6, 6.07) is 5.60. The van der Waals surface area contributed by atoms with Gasteiger partial charge in [-0.05, 0) is 37.7 Å². The van der Waals surface area contributed by atoms with Crippen LogP contribution in [0, 0.1) is 6.92 Å². The summed E-state index contributed by atoms with van der Waals surface area (Å²) in [6.45, 7) is 3.42. The van der Waals surface area contributed by atoms with Crippen LogP contribution in [0.5, 0.6) is 0 Å². The molecule has 2 aromatic rings. The quantitative estimate of drug-likeness (QED) is 0.904. The van der Waals surface area contributed by atoms with Gasteiger partial charge in [-0.1, -0.05) is 0 Å². The molecule has 1 aromatic heterocycles. The fourth-order valence-electron chi connectivity index (χ4n) is 1.98. The standard InChI is InChI=1S/C14H19N5O.ClH/c1-11-8-12(14(20)18(3)7-6-15-2)4-5-13(11)19-10-16-9-17-19;/h4-5,8-10,15H,6-7H2,1-3H3;1H. The third-order valence-corrected chi connectivity index (χ3v) is 3.15. The molecule has 2 rings (SSSR count). The van der Waals surface area contributed by atoms with Crippen molar-refractivity contribution in [2.24, 2.45) is 0 Å². The monoisotopic (exact) mass is 309 g/mol. The highest BCUT2D eigenvalue weighted by Crippen LogP contribution is 2.15. The average molecular weight is 310 g/mol. The smallest absolute Gasteiger partial charge is 0.253 e. The van der Waals surface area contributed by atoms with Crippen LogP contribution in [-0.4, -0.2) is 52.8 Å². The highest BCUT2D eigenvalue weighted by atomic mass is 35.5. The normalized spacial score (nSPS) is 10.0. The summed E-state index contributed by atoms with van der Waals surface area (Å²) in [6.07, 6.45) is 3.13. The number of nitrogens with zero attached hydrogens (tertiary/aromatic N) is 4. The van der Waals surface area contributed by atoms with Gasteiger partial charge in [0.15, 0.2) is 0 Å². The van der Waals surface area contributed by atoms with Gasteiger partial charge < -0.3 is 10.2 Å². The van der Waals surface area contributed by atoms with Crippen LogP contribution in [-0.2, 0) is 0 Å². The van der Waals surface area contributed by atoms with Crippen molar-refractivity contribution < 1.29 is 4.79 Å². The molecule has 21 heavy (non-hydrogen) atoms. The molecule has 0 atom stereocenters. The lowest BCUT2D eigenvalue weighted by Crippen LogP contribution is -2.32. The Hall–Kier alpha value is -1.92. The van der Waals surface area contributed by atoms with Crippen molar-refractivity contribution in [1.29, 1.82) is 0 Å². The molecule has 0 radical (unpaired) electrons. The van der Waals surface area contributed by atoms with Gasteiger partial charge in [0.25, 0.3) is 5.91 Å². The summed E-state index contributed by atoms with van der Waals surface area (Å²) in [5.41, 5.74) is 2.60. The molecule has 1 heterocycles. The Bertz CT molecular complexity index is 585. The van der Waals surface area contributed by atoms with Crippen LogP contribution in [0.15, 0.2) is 30.9 Å². The van der Waals surface area contributed by atoms with Crippen molar-refractivity contribution in [2.75, 3.05) is 27.2 Å². The first kappa shape index (κ1) is 17.1. The van der Waals surface area contributed by atoms with E-state index in [4.69, 9.17) is 0 Å². The first-order chi connectivity index (χ1) is 9.63. The summed E-state index contributed by atoms with van der Waals surface area (Å²) in [7, 11) is 3.68. The Labute approximate surface area is 130 Å². The number of hydrogen-bond donors (Lipinski definition) is 1. The Balaban J connectivity index is 0.00000220. The Morgan fingerprint density at radius 1 is 1.43 bits per heavy atom. The number of likely N-dealkylation sites (N-methyl/N-ethyl adjacent to an activating group) is 2. The second-order valence-electron chi connectivity index (χ2n) is 4.67. The third kappa shape index (κ3) is 4.03. The summed E-state index contributed by atoms with van der Waals surface area (Å²) >= 11 is 0. The van der Waals surface area contributed by atoms with Crippen LogP contribution in [0.2, 0.25) is 0 Å². The van der Waals surface area contributed by atoms with Crippen molar-refractivity contribution in [3.8, 4) is 5.69 Å². The molecule has 0 spiro atoms. The molecule has 0 aliphatic carbocycles. The number of rotatable bonds is 5. The molecule has 0 unspecified atom stereocenters. The zero-order valence-electron chi connectivity index (χ0n) is 12.4. The number of carbonyl (C=O) groups is 1. The Morgan fingerprint density at radius 3 is 2.76 bits per heavy atom. The molecule has 1 N–H and O–H groups in total. The van der Waals surface area contributed by atoms with E-state index >= 15 is 0 Å². The van der Waals surface area contributed by atoms with Gasteiger partial charge in [-0.3, -0.25) is 4.79 Å². The number of benzene rings is 1. The lowest BCUT2D eigenvalue weighted by atomic mass is 10.1. The minimum absolute atomic E-state index is 0. The lowest BCUT2D eigenvalue weighted by Gasteiger charge is -2.17. The number of amides is 1. The summed E-state index contributed by atoms with van der Waals surface area (Å²) in [5, 5.41) is 7.13. The first-order valence-corrected chi connectivity index (χ1v) is 6.49. The minimum Gasteiger partial charge on any atom is -0.340 e. The van der Waals surface area contributed by atoms with E-state index in [2.05, 4.69) is 15.4 Å². The van der Waals surface area contributed by atoms with Crippen LogP contribution in [0.4, 0.5) is 0 Å². The number of hydrogen-bond acceptors (Lipinski definition) is 4. The van der Waals surface area contributed by atoms with Crippen LogP contribution in [0.3, 0.4) is 0 Å². The van der Waals surface area contributed by atoms with Crippen molar-refractivity contribution in [3.05, 3.63) is 42.0 Å². The highest BCUT2D eigenvalue weighted by Gasteiger charge is 2.13. The fourth-order valence-corrected chi connectivity index (χ4v) is 1.98. The summed E-state index contributed by atoms with van der Waals surface area (Å²) in [4.78, 5) is 17.9. The van der Waals surface area contributed by atoms with Gasteiger partial charge in [-0.2, -0.15) is 5.10 Å². The molecule has 6 nitrogen and oxygen atoms in total. The molecule has 0 saturated carbocycles. The molecule has 7 heteroatoms. The molecular formula is C14H20ClN5O. The van der Waals surface area contributed by atoms with Gasteiger partial charge in [-0.25, -0.2) is 9.67 Å². The summed E-state index contributed by atoms with van der Waals surface area (Å²) < 4.78 is 1.69. The molecule has 1 amide bonds. The zero-order valence-corrected chi connectivity index (χ0v) is 13.2. The maximum absolute atomic E-state index is 12.3. The fraction of sp³-hybridized carbons (Fsp3) is 0.357. The SMILES string of the molecule is CNCCN(C)C(=O)c1ccc(-n2cncn2)c(C)c1.Cl. The van der Waals surface area contributed by atoms with E-state index in [-0.39, 0.29) is 18.3 Å². The third-order valence-electron chi connectivity index (χ3n) is 3.15. The Kier molecular flexibility index (Phi) is 6.33. The minimum atomic E-state index is 0. The second kappa shape index (κ2) is 7.75. The average Bonchev–Trinajstić information content (AvgIpc) is 2.97. The van der Waals surface area contributed by atoms with Gasteiger partial charge in [-0.15, -0.1) is 12.4 Å². The number of halogens is 1. The van der Waals surface area contributed by atoms with E-state index < -0.39 is 0 Å². The van der Waals surface area contributed by atoms with E-state index in [9.17, 15) is 4.79 Å². The molecular weight excluding hydrogens is 290 g/mol. The predicted octanol–water partition coefficient (Wildman–Crippen LogP) is 1.29. The van der Waals surface area contributed by atoms with Gasteiger partial charge in [0, 0.05) is 25.7 Å². The first-order valence-electron chi connectivity index (χ1n) is 6.49. The maximum atomic E-state index is 12.3. The van der Waals surface area contributed by atoms with E-state index in [1.165, 1.54) is 6.33 Å². The molecule has 114 valence electrons. The zero-order chi connectivity index (χ0) is 14.5. The van der Waals surface area contributed by atoms with Crippen molar-refractivity contribution in [3.63, 3.8) is 0 Å². The van der Waals surface area contributed by atoms with Gasteiger partial charge in [0.1, 0.15) is 12.7 Å². The Morgan fingerprint density at radius 2 is 2.19 bits per heavy atom. The maximum Gasteiger partial charge on any atom is 0.253 e. The van der Waals surface area contributed by atoms with Crippen LogP contribution in [0.1, 0.15) is 15.9 Å². The van der Waals surface area contributed by atoms with Crippen molar-refractivity contribution in [1.82, 2.24) is 25.0 Å². The van der Waals surface area contributed by atoms with Gasteiger partial charge in [0.05, 0.1) is 5.69 Å². The topological polar surface area (TPSA) is 63.1 Å². The van der Waals surface area contributed by atoms with Gasteiger partial charge >= 0.3 is 0 Å². The number of carbonyl (C=O) groups excluding carboxylic acids is 1.